The molecule has 86 valence electrons. The minimum absolute atomic E-state index is 0.466. The van der Waals surface area contributed by atoms with E-state index in [0.717, 1.165) is 5.25 Å². The molecule has 0 saturated carbocycles. The Balaban J connectivity index is 4.45. The van der Waals surface area contributed by atoms with Crippen molar-refractivity contribution in [3.05, 3.63) is 0 Å². The van der Waals surface area contributed by atoms with E-state index in [1.807, 2.05) is 11.8 Å². The first-order valence-corrected chi connectivity index (χ1v) is 7.10. The van der Waals surface area contributed by atoms with Gasteiger partial charge in [-0.3, -0.25) is 0 Å². The zero-order valence-electron chi connectivity index (χ0n) is 11.1. The molecule has 14 heavy (non-hydrogen) atoms. The van der Waals surface area contributed by atoms with Crippen molar-refractivity contribution in [3.8, 4) is 0 Å². The van der Waals surface area contributed by atoms with Crippen LogP contribution in [0.4, 0.5) is 0 Å². The molecule has 0 aliphatic heterocycles. The third-order valence-corrected chi connectivity index (χ3v) is 4.96. The van der Waals surface area contributed by atoms with E-state index in [0.29, 0.717) is 10.8 Å². The molecule has 0 aliphatic carbocycles. The lowest BCUT2D eigenvalue weighted by molar-refractivity contribution is 0.182. The van der Waals surface area contributed by atoms with Crippen LogP contribution in [0.2, 0.25) is 0 Å². The summed E-state index contributed by atoms with van der Waals surface area (Å²) in [5, 5.41) is 0.799. The zero-order chi connectivity index (χ0) is 11.4. The van der Waals surface area contributed by atoms with Gasteiger partial charge in [-0.15, -0.1) is 0 Å². The fourth-order valence-electron chi connectivity index (χ4n) is 2.51. The molecule has 0 rings (SSSR count). The summed E-state index contributed by atoms with van der Waals surface area (Å²) in [6, 6.07) is 0. The second kappa shape index (κ2) is 5.44. The van der Waals surface area contributed by atoms with Crippen LogP contribution in [-0.4, -0.2) is 11.5 Å². The summed E-state index contributed by atoms with van der Waals surface area (Å²) in [5.74, 6) is 0. The summed E-state index contributed by atoms with van der Waals surface area (Å²) in [4.78, 5) is 0. The monoisotopic (exact) mass is 216 g/mol. The van der Waals surface area contributed by atoms with Gasteiger partial charge >= 0.3 is 0 Å². The van der Waals surface area contributed by atoms with Crippen LogP contribution in [0.25, 0.3) is 0 Å². The Hall–Kier alpha value is 0.350. The maximum absolute atomic E-state index is 2.43. The molecule has 1 atom stereocenters. The molecule has 1 unspecified atom stereocenters. The van der Waals surface area contributed by atoms with Crippen molar-refractivity contribution in [2.24, 2.45) is 10.8 Å². The van der Waals surface area contributed by atoms with Crippen molar-refractivity contribution >= 4 is 11.8 Å². The number of hydrogen-bond acceptors (Lipinski definition) is 1. The maximum Gasteiger partial charge on any atom is 0.00930 e. The summed E-state index contributed by atoms with van der Waals surface area (Å²) in [7, 11) is 0. The van der Waals surface area contributed by atoms with Gasteiger partial charge in [0.25, 0.3) is 0 Å². The quantitative estimate of drug-likeness (QED) is 0.603. The van der Waals surface area contributed by atoms with E-state index < -0.39 is 0 Å². The second-order valence-electron chi connectivity index (χ2n) is 5.82. The van der Waals surface area contributed by atoms with Crippen LogP contribution < -0.4 is 0 Å². The maximum atomic E-state index is 2.43. The van der Waals surface area contributed by atoms with Crippen molar-refractivity contribution < 1.29 is 0 Å². The van der Waals surface area contributed by atoms with E-state index in [2.05, 4.69) is 47.8 Å². The first-order chi connectivity index (χ1) is 6.29. The number of hydrogen-bond donors (Lipinski definition) is 0. The van der Waals surface area contributed by atoms with Crippen molar-refractivity contribution in [2.45, 2.75) is 66.1 Å². The van der Waals surface area contributed by atoms with Gasteiger partial charge in [-0.1, -0.05) is 48.0 Å². The molecule has 0 spiro atoms. The Bertz CT molecular complexity index is 155. The van der Waals surface area contributed by atoms with Crippen LogP contribution in [0, 0.1) is 10.8 Å². The summed E-state index contributed by atoms with van der Waals surface area (Å²) < 4.78 is 0. The van der Waals surface area contributed by atoms with E-state index in [9.17, 15) is 0 Å². The fourth-order valence-corrected chi connectivity index (χ4v) is 3.57. The van der Waals surface area contributed by atoms with Gasteiger partial charge in [0.15, 0.2) is 0 Å². The molecule has 0 heterocycles. The lowest BCUT2D eigenvalue weighted by atomic mass is 9.71. The molecule has 0 aromatic carbocycles. The van der Waals surface area contributed by atoms with E-state index >= 15 is 0 Å². The van der Waals surface area contributed by atoms with Crippen molar-refractivity contribution in [3.63, 3.8) is 0 Å². The first-order valence-electron chi connectivity index (χ1n) is 5.82. The summed E-state index contributed by atoms with van der Waals surface area (Å²) in [6.45, 7) is 14.2. The summed E-state index contributed by atoms with van der Waals surface area (Å²) in [5.41, 5.74) is 0.959. The van der Waals surface area contributed by atoms with Gasteiger partial charge in [-0.2, -0.15) is 11.8 Å². The molecular formula is C13H28S. The average Bonchev–Trinajstić information content (AvgIpc) is 2.04. The van der Waals surface area contributed by atoms with E-state index in [4.69, 9.17) is 0 Å². The van der Waals surface area contributed by atoms with Crippen LogP contribution in [0.1, 0.15) is 60.8 Å². The van der Waals surface area contributed by atoms with E-state index in [1.165, 1.54) is 19.3 Å². The number of thioether (sulfide) groups is 1. The van der Waals surface area contributed by atoms with Gasteiger partial charge < -0.3 is 0 Å². The zero-order valence-corrected chi connectivity index (χ0v) is 11.9. The molecule has 0 saturated heterocycles. The highest BCUT2D eigenvalue weighted by Crippen LogP contribution is 2.42. The summed E-state index contributed by atoms with van der Waals surface area (Å²) in [6.07, 6.45) is 6.14. The Morgan fingerprint density at radius 3 is 1.86 bits per heavy atom. The topological polar surface area (TPSA) is 0 Å². The van der Waals surface area contributed by atoms with Crippen LogP contribution >= 0.6 is 11.8 Å². The van der Waals surface area contributed by atoms with Gasteiger partial charge in [0.2, 0.25) is 0 Å². The normalized spacial score (nSPS) is 15.6. The van der Waals surface area contributed by atoms with Gasteiger partial charge in [0, 0.05) is 5.25 Å². The van der Waals surface area contributed by atoms with Crippen LogP contribution in [0.15, 0.2) is 0 Å². The smallest absolute Gasteiger partial charge is 0.00930 e. The Morgan fingerprint density at radius 2 is 1.57 bits per heavy atom. The Labute approximate surface area is 95.2 Å². The molecule has 0 nitrogen and oxygen atoms in total. The average molecular weight is 216 g/mol. The molecule has 0 radical (unpaired) electrons. The first kappa shape index (κ1) is 14.3. The molecule has 0 N–H and O–H groups in total. The fraction of sp³-hybridized carbons (Fsp3) is 1.00. The molecule has 0 aromatic rings. The van der Waals surface area contributed by atoms with Crippen molar-refractivity contribution in [1.82, 2.24) is 0 Å². The largest absolute Gasteiger partial charge is 0.161 e. The van der Waals surface area contributed by atoms with Crippen molar-refractivity contribution in [2.75, 3.05) is 6.26 Å². The summed E-state index contributed by atoms with van der Waals surface area (Å²) >= 11 is 2.03. The lowest BCUT2D eigenvalue weighted by Gasteiger charge is -2.39. The second-order valence-corrected chi connectivity index (χ2v) is 6.86. The third kappa shape index (κ3) is 4.25. The Morgan fingerprint density at radius 1 is 1.07 bits per heavy atom. The standard InChI is InChI=1S/C13H28S/c1-8-11(14-7)13(5,6)10-12(3,4)9-2/h11H,8-10H2,1-7H3. The number of rotatable bonds is 6. The highest BCUT2D eigenvalue weighted by molar-refractivity contribution is 7.99. The molecular weight excluding hydrogens is 188 g/mol. The van der Waals surface area contributed by atoms with Gasteiger partial charge in [-0.05, 0) is 29.9 Å². The van der Waals surface area contributed by atoms with Gasteiger partial charge in [-0.25, -0.2) is 0 Å². The highest BCUT2D eigenvalue weighted by Gasteiger charge is 2.33. The van der Waals surface area contributed by atoms with Crippen LogP contribution in [0.3, 0.4) is 0 Å². The predicted molar refractivity (Wildman–Crippen MR) is 70.1 cm³/mol. The lowest BCUT2D eigenvalue weighted by Crippen LogP contribution is -2.31. The van der Waals surface area contributed by atoms with Gasteiger partial charge in [0.05, 0.1) is 0 Å². The Kier molecular flexibility index (Phi) is 5.57. The molecule has 0 aromatic heterocycles. The minimum atomic E-state index is 0.466. The third-order valence-electron chi connectivity index (χ3n) is 3.42. The van der Waals surface area contributed by atoms with Crippen LogP contribution in [-0.2, 0) is 0 Å². The molecule has 0 fully saturated rings. The molecule has 0 aliphatic rings. The van der Waals surface area contributed by atoms with Gasteiger partial charge in [0.1, 0.15) is 0 Å². The minimum Gasteiger partial charge on any atom is -0.161 e. The SMILES string of the molecule is CCC(SC)C(C)(C)CC(C)(C)CC. The van der Waals surface area contributed by atoms with E-state index in [-0.39, 0.29) is 0 Å². The predicted octanol–water partition coefficient (Wildman–Crippen LogP) is 4.98. The van der Waals surface area contributed by atoms with Crippen LogP contribution in [0.5, 0.6) is 0 Å². The molecule has 1 heteroatoms. The molecule has 0 bridgehead atoms. The highest BCUT2D eigenvalue weighted by atomic mass is 32.2. The molecule has 0 amide bonds. The van der Waals surface area contributed by atoms with Crippen molar-refractivity contribution in [1.29, 1.82) is 0 Å². The van der Waals surface area contributed by atoms with E-state index in [1.54, 1.807) is 0 Å².